The summed E-state index contributed by atoms with van der Waals surface area (Å²) in [5.41, 5.74) is 8.30. The van der Waals surface area contributed by atoms with E-state index in [0.29, 0.717) is 6.54 Å². The molecule has 20 heavy (non-hydrogen) atoms. The van der Waals surface area contributed by atoms with Crippen molar-refractivity contribution in [2.45, 2.75) is 32.3 Å². The number of aryl methyl sites for hydroxylation is 1. The van der Waals surface area contributed by atoms with Crippen LogP contribution in [0.1, 0.15) is 37.0 Å². The van der Waals surface area contributed by atoms with Crippen LogP contribution in [0.2, 0.25) is 0 Å². The Labute approximate surface area is 121 Å². The van der Waals surface area contributed by atoms with Crippen molar-refractivity contribution in [2.24, 2.45) is 5.73 Å². The molecule has 2 N–H and O–H groups in total. The monoisotopic (exact) mass is 269 g/mol. The smallest absolute Gasteiger partial charge is 0.136 e. The molecule has 0 bridgehead atoms. The van der Waals surface area contributed by atoms with Gasteiger partial charge in [0.05, 0.1) is 0 Å². The fourth-order valence-electron chi connectivity index (χ4n) is 2.20. The van der Waals surface area contributed by atoms with Crippen molar-refractivity contribution in [3.63, 3.8) is 0 Å². The molecule has 0 spiro atoms. The molecule has 0 saturated carbocycles. The van der Waals surface area contributed by atoms with Crippen molar-refractivity contribution in [3.05, 3.63) is 65.7 Å². The van der Waals surface area contributed by atoms with Crippen molar-refractivity contribution in [3.8, 4) is 5.75 Å². The molecular weight excluding hydrogens is 246 g/mol. The first kappa shape index (κ1) is 14.6. The molecule has 0 aliphatic carbocycles. The Morgan fingerprint density at radius 3 is 2.30 bits per heavy atom. The zero-order valence-electron chi connectivity index (χ0n) is 12.1. The fourth-order valence-corrected chi connectivity index (χ4v) is 2.20. The minimum absolute atomic E-state index is 0.0855. The molecule has 1 unspecified atom stereocenters. The Balaban J connectivity index is 2.01. The van der Waals surface area contributed by atoms with Gasteiger partial charge in [-0.3, -0.25) is 0 Å². The lowest BCUT2D eigenvalue weighted by Crippen LogP contribution is -2.18. The van der Waals surface area contributed by atoms with Crippen molar-refractivity contribution < 1.29 is 4.74 Å². The summed E-state index contributed by atoms with van der Waals surface area (Å²) in [6.07, 6.45) is 3.50. The zero-order chi connectivity index (χ0) is 14.2. The van der Waals surface area contributed by atoms with E-state index < -0.39 is 0 Å². The van der Waals surface area contributed by atoms with Crippen molar-refractivity contribution >= 4 is 0 Å². The largest absolute Gasteiger partial charge is 0.484 e. The van der Waals surface area contributed by atoms with Gasteiger partial charge in [0.25, 0.3) is 0 Å². The molecule has 0 heterocycles. The fraction of sp³-hybridized carbons (Fsp3) is 0.333. The summed E-state index contributed by atoms with van der Waals surface area (Å²) in [6, 6.07) is 18.5. The van der Waals surface area contributed by atoms with E-state index in [0.717, 1.165) is 17.7 Å². The predicted molar refractivity (Wildman–Crippen MR) is 83.9 cm³/mol. The van der Waals surface area contributed by atoms with E-state index in [-0.39, 0.29) is 6.10 Å². The van der Waals surface area contributed by atoms with Crippen LogP contribution in [0, 0.1) is 0 Å². The van der Waals surface area contributed by atoms with Crippen molar-refractivity contribution in [2.75, 3.05) is 6.54 Å². The number of hydrogen-bond donors (Lipinski definition) is 1. The van der Waals surface area contributed by atoms with E-state index in [9.17, 15) is 0 Å². The van der Waals surface area contributed by atoms with Gasteiger partial charge < -0.3 is 10.5 Å². The van der Waals surface area contributed by atoms with E-state index in [1.54, 1.807) is 0 Å². The zero-order valence-corrected chi connectivity index (χ0v) is 12.1. The second-order valence-electron chi connectivity index (χ2n) is 5.00. The van der Waals surface area contributed by atoms with Crippen molar-refractivity contribution in [1.82, 2.24) is 0 Å². The second kappa shape index (κ2) is 7.71. The molecule has 0 aliphatic heterocycles. The molecule has 2 nitrogen and oxygen atoms in total. The average molecular weight is 269 g/mol. The maximum atomic E-state index is 5.98. The van der Waals surface area contributed by atoms with E-state index in [4.69, 9.17) is 10.5 Å². The summed E-state index contributed by atoms with van der Waals surface area (Å²) < 4.78 is 5.98. The standard InChI is InChI=1S/C18H23NO/c1-2-3-7-15-10-12-17(13-11-15)20-18(14-19)16-8-5-4-6-9-16/h4-6,8-13,18H,2-3,7,14,19H2,1H3. The van der Waals surface area contributed by atoms with Gasteiger partial charge in [0.1, 0.15) is 11.9 Å². The van der Waals surface area contributed by atoms with Gasteiger partial charge in [0.2, 0.25) is 0 Å². The van der Waals surface area contributed by atoms with E-state index in [1.807, 2.05) is 42.5 Å². The normalized spacial score (nSPS) is 12.1. The minimum atomic E-state index is -0.0855. The molecule has 2 heteroatoms. The average Bonchev–Trinajstić information content (AvgIpc) is 2.52. The maximum Gasteiger partial charge on any atom is 0.136 e. The van der Waals surface area contributed by atoms with Crippen LogP contribution < -0.4 is 10.5 Å². The van der Waals surface area contributed by atoms with Gasteiger partial charge in [-0.05, 0) is 36.1 Å². The van der Waals surface area contributed by atoms with Gasteiger partial charge in [-0.1, -0.05) is 55.8 Å². The molecule has 2 aromatic rings. The quantitative estimate of drug-likeness (QED) is 0.821. The first-order chi connectivity index (χ1) is 9.83. The highest BCUT2D eigenvalue weighted by molar-refractivity contribution is 5.29. The third kappa shape index (κ3) is 4.10. The summed E-state index contributed by atoms with van der Waals surface area (Å²) >= 11 is 0. The lowest BCUT2D eigenvalue weighted by Gasteiger charge is -2.18. The molecule has 0 saturated heterocycles. The second-order valence-corrected chi connectivity index (χ2v) is 5.00. The van der Waals surface area contributed by atoms with Crippen LogP contribution in [0.3, 0.4) is 0 Å². The molecule has 0 aliphatic rings. The van der Waals surface area contributed by atoms with Crippen LogP contribution in [-0.4, -0.2) is 6.54 Å². The van der Waals surface area contributed by atoms with Gasteiger partial charge in [0.15, 0.2) is 0 Å². The Kier molecular flexibility index (Phi) is 5.63. The number of hydrogen-bond acceptors (Lipinski definition) is 2. The number of rotatable bonds is 7. The molecule has 2 aromatic carbocycles. The van der Waals surface area contributed by atoms with Gasteiger partial charge in [0, 0.05) is 6.54 Å². The third-order valence-electron chi connectivity index (χ3n) is 3.41. The topological polar surface area (TPSA) is 35.2 Å². The highest BCUT2D eigenvalue weighted by atomic mass is 16.5. The Bertz CT molecular complexity index is 493. The highest BCUT2D eigenvalue weighted by Crippen LogP contribution is 2.22. The van der Waals surface area contributed by atoms with Crippen LogP contribution in [0.15, 0.2) is 54.6 Å². The van der Waals surface area contributed by atoms with Crippen LogP contribution >= 0.6 is 0 Å². The van der Waals surface area contributed by atoms with E-state index in [2.05, 4.69) is 19.1 Å². The van der Waals surface area contributed by atoms with Gasteiger partial charge >= 0.3 is 0 Å². The SMILES string of the molecule is CCCCc1ccc(OC(CN)c2ccccc2)cc1. The lowest BCUT2D eigenvalue weighted by atomic mass is 10.1. The molecular formula is C18H23NO. The number of unbranched alkanes of at least 4 members (excludes halogenated alkanes) is 1. The molecule has 2 rings (SSSR count). The number of ether oxygens (including phenoxy) is 1. The minimum Gasteiger partial charge on any atom is -0.484 e. The Hall–Kier alpha value is -1.80. The molecule has 1 atom stereocenters. The van der Waals surface area contributed by atoms with Crippen LogP contribution in [0.5, 0.6) is 5.75 Å². The molecule has 106 valence electrons. The Morgan fingerprint density at radius 2 is 1.70 bits per heavy atom. The van der Waals surface area contributed by atoms with Crippen LogP contribution in [0.4, 0.5) is 0 Å². The Morgan fingerprint density at radius 1 is 1.00 bits per heavy atom. The summed E-state index contributed by atoms with van der Waals surface area (Å²) in [5, 5.41) is 0. The summed E-state index contributed by atoms with van der Waals surface area (Å²) in [7, 11) is 0. The molecule has 0 fully saturated rings. The van der Waals surface area contributed by atoms with E-state index in [1.165, 1.54) is 18.4 Å². The number of nitrogens with two attached hydrogens (primary N) is 1. The molecule has 0 radical (unpaired) electrons. The first-order valence-electron chi connectivity index (χ1n) is 7.34. The van der Waals surface area contributed by atoms with E-state index >= 15 is 0 Å². The summed E-state index contributed by atoms with van der Waals surface area (Å²) in [4.78, 5) is 0. The molecule has 0 aromatic heterocycles. The van der Waals surface area contributed by atoms with Crippen molar-refractivity contribution in [1.29, 1.82) is 0 Å². The first-order valence-corrected chi connectivity index (χ1v) is 7.34. The highest BCUT2D eigenvalue weighted by Gasteiger charge is 2.10. The predicted octanol–water partition coefficient (Wildman–Crippen LogP) is 4.11. The summed E-state index contributed by atoms with van der Waals surface area (Å²) in [6.45, 7) is 2.69. The molecule has 0 amide bonds. The van der Waals surface area contributed by atoms with Crippen LogP contribution in [-0.2, 0) is 6.42 Å². The van der Waals surface area contributed by atoms with Gasteiger partial charge in [-0.15, -0.1) is 0 Å². The summed E-state index contributed by atoms with van der Waals surface area (Å²) in [5.74, 6) is 0.879. The third-order valence-corrected chi connectivity index (χ3v) is 3.41. The van der Waals surface area contributed by atoms with Crippen LogP contribution in [0.25, 0.3) is 0 Å². The van der Waals surface area contributed by atoms with Gasteiger partial charge in [-0.2, -0.15) is 0 Å². The number of benzene rings is 2. The lowest BCUT2D eigenvalue weighted by molar-refractivity contribution is 0.214. The van der Waals surface area contributed by atoms with Gasteiger partial charge in [-0.25, -0.2) is 0 Å². The maximum absolute atomic E-state index is 5.98.